The van der Waals surface area contributed by atoms with Crippen molar-refractivity contribution in [1.82, 2.24) is 14.8 Å². The molecule has 2 aromatic rings. The first kappa shape index (κ1) is 11.4. The van der Waals surface area contributed by atoms with Gasteiger partial charge in [0.1, 0.15) is 5.75 Å². The maximum absolute atomic E-state index is 5.66. The van der Waals surface area contributed by atoms with E-state index in [0.29, 0.717) is 24.8 Å². The van der Waals surface area contributed by atoms with Gasteiger partial charge in [-0.25, -0.2) is 4.68 Å². The van der Waals surface area contributed by atoms with Crippen LogP contribution in [0.1, 0.15) is 11.4 Å². The van der Waals surface area contributed by atoms with Crippen molar-refractivity contribution in [2.45, 2.75) is 13.3 Å². The van der Waals surface area contributed by atoms with Crippen LogP contribution in [-0.2, 0) is 13.5 Å². The summed E-state index contributed by atoms with van der Waals surface area (Å²) < 4.78 is 7.22. The van der Waals surface area contributed by atoms with Crippen molar-refractivity contribution in [1.29, 1.82) is 0 Å². The zero-order valence-corrected chi connectivity index (χ0v) is 10.1. The Morgan fingerprint density at radius 3 is 2.76 bits per heavy atom. The molecule has 2 rings (SSSR count). The SMILES string of the molecule is Cc1ccccc1OCCc1nc(N)n(C)n1. The normalized spacial score (nSPS) is 10.5. The van der Waals surface area contributed by atoms with Gasteiger partial charge in [-0.3, -0.25) is 0 Å². The summed E-state index contributed by atoms with van der Waals surface area (Å²) in [7, 11) is 1.77. The van der Waals surface area contributed by atoms with E-state index in [9.17, 15) is 0 Å². The summed E-state index contributed by atoms with van der Waals surface area (Å²) in [6, 6.07) is 7.92. The van der Waals surface area contributed by atoms with Crippen molar-refractivity contribution in [3.8, 4) is 5.75 Å². The minimum atomic E-state index is 0.427. The standard InChI is InChI=1S/C12H16N4O/c1-9-5-3-4-6-10(9)17-8-7-11-14-12(13)16(2)15-11/h3-6H,7-8H2,1-2H3,(H2,13,14,15). The van der Waals surface area contributed by atoms with Gasteiger partial charge in [0.2, 0.25) is 5.95 Å². The monoisotopic (exact) mass is 232 g/mol. The maximum atomic E-state index is 5.66. The Bertz CT molecular complexity index is 487. The molecule has 5 heteroatoms. The number of nitrogen functional groups attached to an aromatic ring is 1. The van der Waals surface area contributed by atoms with Gasteiger partial charge in [0.05, 0.1) is 6.61 Å². The molecule has 0 unspecified atom stereocenters. The lowest BCUT2D eigenvalue weighted by Gasteiger charge is -2.06. The Morgan fingerprint density at radius 2 is 2.12 bits per heavy atom. The lowest BCUT2D eigenvalue weighted by Crippen LogP contribution is -2.04. The van der Waals surface area contributed by atoms with Crippen LogP contribution in [-0.4, -0.2) is 21.4 Å². The largest absolute Gasteiger partial charge is 0.493 e. The van der Waals surface area contributed by atoms with E-state index in [4.69, 9.17) is 10.5 Å². The number of aryl methyl sites for hydroxylation is 2. The highest BCUT2D eigenvalue weighted by Crippen LogP contribution is 2.16. The summed E-state index contributed by atoms with van der Waals surface area (Å²) in [4.78, 5) is 4.11. The third kappa shape index (κ3) is 2.75. The van der Waals surface area contributed by atoms with E-state index in [1.165, 1.54) is 0 Å². The number of para-hydroxylation sites is 1. The number of nitrogens with two attached hydrogens (primary N) is 1. The lowest BCUT2D eigenvalue weighted by atomic mass is 10.2. The van der Waals surface area contributed by atoms with Crippen molar-refractivity contribution >= 4 is 5.95 Å². The minimum absolute atomic E-state index is 0.427. The van der Waals surface area contributed by atoms with E-state index in [0.717, 1.165) is 11.3 Å². The summed E-state index contributed by atoms with van der Waals surface area (Å²) in [5, 5.41) is 4.16. The highest BCUT2D eigenvalue weighted by molar-refractivity contribution is 5.31. The fourth-order valence-electron chi connectivity index (χ4n) is 1.53. The van der Waals surface area contributed by atoms with Gasteiger partial charge in [-0.15, -0.1) is 0 Å². The van der Waals surface area contributed by atoms with Gasteiger partial charge in [0, 0.05) is 13.5 Å². The van der Waals surface area contributed by atoms with E-state index in [-0.39, 0.29) is 0 Å². The topological polar surface area (TPSA) is 66.0 Å². The zero-order chi connectivity index (χ0) is 12.3. The molecule has 0 aliphatic carbocycles. The van der Waals surface area contributed by atoms with Crippen LogP contribution in [0.5, 0.6) is 5.75 Å². The molecule has 1 heterocycles. The number of anilines is 1. The van der Waals surface area contributed by atoms with Crippen LogP contribution < -0.4 is 10.5 Å². The van der Waals surface area contributed by atoms with Crippen molar-refractivity contribution in [2.75, 3.05) is 12.3 Å². The van der Waals surface area contributed by atoms with Gasteiger partial charge in [-0.2, -0.15) is 10.1 Å². The van der Waals surface area contributed by atoms with Crippen LogP contribution in [0.25, 0.3) is 0 Å². The van der Waals surface area contributed by atoms with Crippen molar-refractivity contribution < 1.29 is 4.74 Å². The second-order valence-corrected chi connectivity index (χ2v) is 3.87. The van der Waals surface area contributed by atoms with Gasteiger partial charge in [0.15, 0.2) is 5.82 Å². The number of aromatic nitrogens is 3. The fourth-order valence-corrected chi connectivity index (χ4v) is 1.53. The lowest BCUT2D eigenvalue weighted by molar-refractivity contribution is 0.316. The molecule has 0 amide bonds. The second kappa shape index (κ2) is 4.86. The molecule has 0 saturated carbocycles. The van der Waals surface area contributed by atoms with Crippen LogP contribution in [0, 0.1) is 6.92 Å². The Labute approximate surface area is 100 Å². The quantitative estimate of drug-likeness (QED) is 0.863. The smallest absolute Gasteiger partial charge is 0.218 e. The highest BCUT2D eigenvalue weighted by atomic mass is 16.5. The first-order valence-corrected chi connectivity index (χ1v) is 5.50. The predicted octanol–water partition coefficient (Wildman–Crippen LogP) is 1.33. The first-order chi connectivity index (χ1) is 8.16. The molecule has 2 N–H and O–H groups in total. The summed E-state index contributed by atoms with van der Waals surface area (Å²) in [5.74, 6) is 2.03. The molecule has 5 nitrogen and oxygen atoms in total. The first-order valence-electron chi connectivity index (χ1n) is 5.50. The third-order valence-electron chi connectivity index (χ3n) is 2.52. The Morgan fingerprint density at radius 1 is 1.35 bits per heavy atom. The van der Waals surface area contributed by atoms with E-state index in [1.807, 2.05) is 31.2 Å². The molecular weight excluding hydrogens is 216 g/mol. The molecule has 0 bridgehead atoms. The van der Waals surface area contributed by atoms with Crippen molar-refractivity contribution in [2.24, 2.45) is 7.05 Å². The van der Waals surface area contributed by atoms with Gasteiger partial charge in [-0.05, 0) is 18.6 Å². The van der Waals surface area contributed by atoms with Gasteiger partial charge >= 0.3 is 0 Å². The Kier molecular flexibility index (Phi) is 3.27. The fraction of sp³-hybridized carbons (Fsp3) is 0.333. The van der Waals surface area contributed by atoms with E-state index in [2.05, 4.69) is 10.1 Å². The van der Waals surface area contributed by atoms with Crippen molar-refractivity contribution in [3.05, 3.63) is 35.7 Å². The molecule has 90 valence electrons. The maximum Gasteiger partial charge on any atom is 0.218 e. The molecule has 0 saturated heterocycles. The second-order valence-electron chi connectivity index (χ2n) is 3.87. The zero-order valence-electron chi connectivity index (χ0n) is 10.1. The average molecular weight is 232 g/mol. The van der Waals surface area contributed by atoms with E-state index < -0.39 is 0 Å². The number of hydrogen-bond donors (Lipinski definition) is 1. The van der Waals surface area contributed by atoms with Crippen LogP contribution in [0.2, 0.25) is 0 Å². The molecule has 1 aromatic heterocycles. The van der Waals surface area contributed by atoms with Gasteiger partial charge in [0.25, 0.3) is 0 Å². The molecule has 0 radical (unpaired) electrons. The number of benzene rings is 1. The van der Waals surface area contributed by atoms with Crippen LogP contribution in [0.4, 0.5) is 5.95 Å². The average Bonchev–Trinajstić information content (AvgIpc) is 2.61. The Balaban J connectivity index is 1.90. The molecule has 0 spiro atoms. The van der Waals surface area contributed by atoms with E-state index in [1.54, 1.807) is 11.7 Å². The molecule has 0 aliphatic rings. The minimum Gasteiger partial charge on any atom is -0.493 e. The van der Waals surface area contributed by atoms with Crippen LogP contribution in [0.3, 0.4) is 0 Å². The molecule has 1 aromatic carbocycles. The molecule has 17 heavy (non-hydrogen) atoms. The molecule has 0 fully saturated rings. The Hall–Kier alpha value is -2.04. The number of nitrogens with zero attached hydrogens (tertiary/aromatic N) is 3. The predicted molar refractivity (Wildman–Crippen MR) is 65.8 cm³/mol. The molecule has 0 atom stereocenters. The van der Waals surface area contributed by atoms with Crippen LogP contribution >= 0.6 is 0 Å². The summed E-state index contributed by atoms with van der Waals surface area (Å²) in [6.07, 6.45) is 0.652. The summed E-state index contributed by atoms with van der Waals surface area (Å²) in [5.41, 5.74) is 6.72. The van der Waals surface area contributed by atoms with Gasteiger partial charge in [-0.1, -0.05) is 18.2 Å². The van der Waals surface area contributed by atoms with Crippen LogP contribution in [0.15, 0.2) is 24.3 Å². The van der Waals surface area contributed by atoms with E-state index >= 15 is 0 Å². The number of ether oxygens (including phenoxy) is 1. The van der Waals surface area contributed by atoms with Crippen molar-refractivity contribution in [3.63, 3.8) is 0 Å². The highest BCUT2D eigenvalue weighted by Gasteiger charge is 2.04. The number of rotatable bonds is 4. The summed E-state index contributed by atoms with van der Waals surface area (Å²) in [6.45, 7) is 2.57. The summed E-state index contributed by atoms with van der Waals surface area (Å²) >= 11 is 0. The molecule has 0 aliphatic heterocycles. The molecular formula is C12H16N4O. The third-order valence-corrected chi connectivity index (χ3v) is 2.52. The number of hydrogen-bond acceptors (Lipinski definition) is 4. The van der Waals surface area contributed by atoms with Gasteiger partial charge < -0.3 is 10.5 Å².